The number of ether oxygens (including phenoxy) is 1. The summed E-state index contributed by atoms with van der Waals surface area (Å²) in [4.78, 5) is 0. The van der Waals surface area contributed by atoms with Crippen molar-refractivity contribution in [2.75, 3.05) is 5.32 Å². The third kappa shape index (κ3) is 3.46. The number of hydrogen-bond acceptors (Lipinski definition) is 2. The molecule has 0 bridgehead atoms. The molecule has 1 aliphatic heterocycles. The lowest BCUT2D eigenvalue weighted by Gasteiger charge is -2.33. The highest BCUT2D eigenvalue weighted by Crippen LogP contribution is 2.28. The van der Waals surface area contributed by atoms with Crippen molar-refractivity contribution >= 4 is 21.6 Å². The molecule has 1 fully saturated rings. The van der Waals surface area contributed by atoms with Crippen LogP contribution in [0.5, 0.6) is 0 Å². The van der Waals surface area contributed by atoms with Crippen molar-refractivity contribution < 1.29 is 4.74 Å². The second-order valence-electron chi connectivity index (χ2n) is 5.05. The molecule has 0 saturated carbocycles. The average molecular weight is 298 g/mol. The highest BCUT2D eigenvalue weighted by molar-refractivity contribution is 9.10. The van der Waals surface area contributed by atoms with Crippen LogP contribution in [0.4, 0.5) is 5.69 Å². The maximum atomic E-state index is 5.76. The lowest BCUT2D eigenvalue weighted by molar-refractivity contribution is -0.0337. The van der Waals surface area contributed by atoms with Crippen LogP contribution in [-0.2, 0) is 4.74 Å². The number of benzene rings is 1. The van der Waals surface area contributed by atoms with Crippen molar-refractivity contribution in [1.82, 2.24) is 0 Å². The summed E-state index contributed by atoms with van der Waals surface area (Å²) in [6, 6.07) is 6.91. The number of nitrogens with one attached hydrogen (secondary N) is 1. The molecule has 0 amide bonds. The van der Waals surface area contributed by atoms with Crippen molar-refractivity contribution in [3.05, 3.63) is 28.2 Å². The summed E-state index contributed by atoms with van der Waals surface area (Å²) >= 11 is 3.59. The van der Waals surface area contributed by atoms with Crippen molar-refractivity contribution in [2.24, 2.45) is 0 Å². The van der Waals surface area contributed by atoms with Crippen LogP contribution < -0.4 is 5.32 Å². The maximum absolute atomic E-state index is 5.76. The van der Waals surface area contributed by atoms with E-state index in [-0.39, 0.29) is 0 Å². The Morgan fingerprint density at radius 2 is 1.88 bits per heavy atom. The van der Waals surface area contributed by atoms with Gasteiger partial charge in [-0.3, -0.25) is 0 Å². The molecule has 0 spiro atoms. The Morgan fingerprint density at radius 3 is 2.53 bits per heavy atom. The molecule has 1 aliphatic rings. The lowest BCUT2D eigenvalue weighted by Crippen LogP contribution is -2.36. The molecule has 2 unspecified atom stereocenters. The van der Waals surface area contributed by atoms with Gasteiger partial charge in [-0.05, 0) is 67.2 Å². The molecule has 0 aliphatic carbocycles. The van der Waals surface area contributed by atoms with Gasteiger partial charge < -0.3 is 10.1 Å². The minimum Gasteiger partial charge on any atom is -0.381 e. The predicted molar refractivity (Wildman–Crippen MR) is 75.5 cm³/mol. The van der Waals surface area contributed by atoms with E-state index in [0.717, 1.165) is 17.3 Å². The molecule has 2 nitrogen and oxygen atoms in total. The average Bonchev–Trinajstić information content (AvgIpc) is 2.22. The highest BCUT2D eigenvalue weighted by atomic mass is 79.9. The van der Waals surface area contributed by atoms with Crippen LogP contribution in [0.2, 0.25) is 0 Å². The normalized spacial score (nSPS) is 29.1. The van der Waals surface area contributed by atoms with Crippen LogP contribution in [0, 0.1) is 6.92 Å². The van der Waals surface area contributed by atoms with Gasteiger partial charge in [-0.25, -0.2) is 0 Å². The quantitative estimate of drug-likeness (QED) is 0.886. The number of hydrogen-bond donors (Lipinski definition) is 1. The standard InChI is InChI=1S/C14H20BrNO/c1-9-4-5-13(15)14(6-9)16-12-7-10(2)17-11(3)8-12/h4-6,10-12,16H,7-8H2,1-3H3. The zero-order chi connectivity index (χ0) is 12.4. The molecule has 1 N–H and O–H groups in total. The minimum absolute atomic E-state index is 0.347. The molecular formula is C14H20BrNO. The molecule has 1 aromatic carbocycles. The largest absolute Gasteiger partial charge is 0.381 e. The molecule has 2 atom stereocenters. The Balaban J connectivity index is 2.07. The van der Waals surface area contributed by atoms with E-state index in [1.54, 1.807) is 0 Å². The molecular weight excluding hydrogens is 278 g/mol. The first-order valence-electron chi connectivity index (χ1n) is 6.22. The molecule has 1 aromatic rings. The smallest absolute Gasteiger partial charge is 0.0570 e. The first-order valence-corrected chi connectivity index (χ1v) is 7.02. The van der Waals surface area contributed by atoms with Crippen LogP contribution >= 0.6 is 15.9 Å². The Bertz CT molecular complexity index is 384. The number of halogens is 1. The number of rotatable bonds is 2. The van der Waals surface area contributed by atoms with E-state index < -0.39 is 0 Å². The third-order valence-corrected chi connectivity index (χ3v) is 3.87. The zero-order valence-corrected chi connectivity index (χ0v) is 12.3. The molecule has 94 valence electrons. The van der Waals surface area contributed by atoms with Gasteiger partial charge in [-0.1, -0.05) is 6.07 Å². The van der Waals surface area contributed by atoms with E-state index >= 15 is 0 Å². The van der Waals surface area contributed by atoms with Crippen LogP contribution in [0.15, 0.2) is 22.7 Å². The van der Waals surface area contributed by atoms with E-state index in [1.807, 2.05) is 0 Å². The van der Waals surface area contributed by atoms with Crippen LogP contribution in [0.25, 0.3) is 0 Å². The van der Waals surface area contributed by atoms with Gasteiger partial charge in [0.25, 0.3) is 0 Å². The SMILES string of the molecule is Cc1ccc(Br)c(NC2CC(C)OC(C)C2)c1. The van der Waals surface area contributed by atoms with Gasteiger partial charge in [0.2, 0.25) is 0 Å². The fourth-order valence-electron chi connectivity index (χ4n) is 2.49. The van der Waals surface area contributed by atoms with Gasteiger partial charge in [0.05, 0.1) is 12.2 Å². The maximum Gasteiger partial charge on any atom is 0.0570 e. The van der Waals surface area contributed by atoms with Gasteiger partial charge in [0.1, 0.15) is 0 Å². The van der Waals surface area contributed by atoms with Crippen molar-refractivity contribution in [3.63, 3.8) is 0 Å². The summed E-state index contributed by atoms with van der Waals surface area (Å²) in [6.45, 7) is 6.41. The van der Waals surface area contributed by atoms with E-state index in [9.17, 15) is 0 Å². The Hall–Kier alpha value is -0.540. The molecule has 2 rings (SSSR count). The van der Waals surface area contributed by atoms with Gasteiger partial charge in [-0.2, -0.15) is 0 Å². The Kier molecular flexibility index (Phi) is 4.10. The van der Waals surface area contributed by atoms with Crippen molar-refractivity contribution in [3.8, 4) is 0 Å². The first kappa shape index (κ1) is 12.9. The molecule has 3 heteroatoms. The van der Waals surface area contributed by atoms with Gasteiger partial charge in [0.15, 0.2) is 0 Å². The summed E-state index contributed by atoms with van der Waals surface area (Å²) in [5.74, 6) is 0. The monoisotopic (exact) mass is 297 g/mol. The summed E-state index contributed by atoms with van der Waals surface area (Å²) in [7, 11) is 0. The van der Waals surface area contributed by atoms with Crippen LogP contribution in [0.1, 0.15) is 32.3 Å². The fourth-order valence-corrected chi connectivity index (χ4v) is 2.85. The lowest BCUT2D eigenvalue weighted by atomic mass is 9.99. The second kappa shape index (κ2) is 5.40. The fraction of sp³-hybridized carbons (Fsp3) is 0.571. The number of aryl methyl sites for hydroxylation is 1. The Morgan fingerprint density at radius 1 is 1.24 bits per heavy atom. The second-order valence-corrected chi connectivity index (χ2v) is 5.91. The molecule has 1 saturated heterocycles. The van der Waals surface area contributed by atoms with E-state index in [1.165, 1.54) is 11.3 Å². The highest BCUT2D eigenvalue weighted by Gasteiger charge is 2.24. The summed E-state index contributed by atoms with van der Waals surface area (Å²) in [6.07, 6.45) is 2.84. The van der Waals surface area contributed by atoms with Gasteiger partial charge in [-0.15, -0.1) is 0 Å². The molecule has 1 heterocycles. The zero-order valence-electron chi connectivity index (χ0n) is 10.7. The first-order chi connectivity index (χ1) is 8.04. The molecule has 17 heavy (non-hydrogen) atoms. The van der Waals surface area contributed by atoms with Crippen molar-refractivity contribution in [1.29, 1.82) is 0 Å². The summed E-state index contributed by atoms with van der Waals surface area (Å²) in [5.41, 5.74) is 2.47. The van der Waals surface area contributed by atoms with E-state index in [0.29, 0.717) is 18.2 Å². The van der Waals surface area contributed by atoms with Crippen LogP contribution in [0.3, 0.4) is 0 Å². The summed E-state index contributed by atoms with van der Waals surface area (Å²) < 4.78 is 6.89. The third-order valence-electron chi connectivity index (χ3n) is 3.18. The van der Waals surface area contributed by atoms with Crippen molar-refractivity contribution in [2.45, 2.75) is 51.9 Å². The van der Waals surface area contributed by atoms with E-state index in [2.05, 4.69) is 60.2 Å². The minimum atomic E-state index is 0.347. The number of anilines is 1. The molecule has 0 aromatic heterocycles. The van der Waals surface area contributed by atoms with Gasteiger partial charge >= 0.3 is 0 Å². The Labute approximate surface area is 112 Å². The molecule has 0 radical (unpaired) electrons. The van der Waals surface area contributed by atoms with Crippen LogP contribution in [-0.4, -0.2) is 18.2 Å². The van der Waals surface area contributed by atoms with Gasteiger partial charge in [0, 0.05) is 16.2 Å². The summed E-state index contributed by atoms with van der Waals surface area (Å²) in [5, 5.41) is 3.62. The predicted octanol–water partition coefficient (Wildman–Crippen LogP) is 4.13. The topological polar surface area (TPSA) is 21.3 Å². The van der Waals surface area contributed by atoms with E-state index in [4.69, 9.17) is 4.74 Å².